The lowest BCUT2D eigenvalue weighted by Crippen LogP contribution is -2.34. The van der Waals surface area contributed by atoms with Crippen molar-refractivity contribution in [3.63, 3.8) is 0 Å². The Kier molecular flexibility index (Phi) is 4.57. The van der Waals surface area contributed by atoms with Crippen molar-refractivity contribution >= 4 is 23.2 Å². The number of ether oxygens (including phenoxy) is 1. The summed E-state index contributed by atoms with van der Waals surface area (Å²) < 4.78 is 18.1. The van der Waals surface area contributed by atoms with Gasteiger partial charge in [-0.25, -0.2) is 9.29 Å². The summed E-state index contributed by atoms with van der Waals surface area (Å²) in [4.78, 5) is 25.8. The van der Waals surface area contributed by atoms with Crippen molar-refractivity contribution < 1.29 is 18.7 Å². The van der Waals surface area contributed by atoms with Crippen LogP contribution in [-0.2, 0) is 20.9 Å². The van der Waals surface area contributed by atoms with Crippen molar-refractivity contribution in [3.05, 3.63) is 59.9 Å². The number of hydrogen-bond acceptors (Lipinski definition) is 4. The number of amides is 2. The highest BCUT2D eigenvalue weighted by Crippen LogP contribution is 2.25. The first-order chi connectivity index (χ1) is 11.6. The Labute approximate surface area is 139 Å². The number of nitrogens with one attached hydrogen (secondary N) is 1. The van der Waals surface area contributed by atoms with Gasteiger partial charge in [0.15, 0.2) is 0 Å². The summed E-state index contributed by atoms with van der Waals surface area (Å²) >= 11 is 0. The fourth-order valence-electron chi connectivity index (χ4n) is 2.72. The van der Waals surface area contributed by atoms with E-state index >= 15 is 0 Å². The van der Waals surface area contributed by atoms with Gasteiger partial charge in [0, 0.05) is 12.8 Å². The van der Waals surface area contributed by atoms with Crippen molar-refractivity contribution in [1.29, 1.82) is 0 Å². The second-order valence-corrected chi connectivity index (χ2v) is 5.58. The molecule has 24 heavy (non-hydrogen) atoms. The molecule has 2 aromatic carbocycles. The number of methoxy groups -OCH3 is 1. The molecule has 1 saturated heterocycles. The topological polar surface area (TPSA) is 58.6 Å². The molecule has 0 unspecified atom stereocenters. The molecule has 0 spiro atoms. The zero-order valence-corrected chi connectivity index (χ0v) is 13.2. The maximum absolute atomic E-state index is 13.0. The molecular weight excluding hydrogens is 311 g/mol. The third-order valence-corrected chi connectivity index (χ3v) is 3.81. The number of halogens is 1. The zero-order chi connectivity index (χ0) is 17.1. The lowest BCUT2D eigenvalue weighted by atomic mass is 10.2. The van der Waals surface area contributed by atoms with Gasteiger partial charge in [0.25, 0.3) is 5.91 Å². The van der Waals surface area contributed by atoms with E-state index in [9.17, 15) is 14.0 Å². The van der Waals surface area contributed by atoms with E-state index in [0.29, 0.717) is 12.3 Å². The molecule has 0 bridgehead atoms. The van der Waals surface area contributed by atoms with Crippen LogP contribution in [0, 0.1) is 5.82 Å². The van der Waals surface area contributed by atoms with Gasteiger partial charge < -0.3 is 10.1 Å². The Morgan fingerprint density at radius 1 is 1.21 bits per heavy atom. The number of carbonyl (C=O) groups is 2. The molecule has 1 aliphatic rings. The highest BCUT2D eigenvalue weighted by molar-refractivity contribution is 6.23. The van der Waals surface area contributed by atoms with Crippen LogP contribution >= 0.6 is 0 Å². The number of nitrogens with zero attached hydrogens (tertiary/aromatic N) is 1. The first kappa shape index (κ1) is 16.1. The van der Waals surface area contributed by atoms with E-state index in [4.69, 9.17) is 4.74 Å². The van der Waals surface area contributed by atoms with Crippen molar-refractivity contribution in [3.8, 4) is 0 Å². The van der Waals surface area contributed by atoms with Crippen LogP contribution in [0.15, 0.2) is 48.5 Å². The Morgan fingerprint density at radius 2 is 1.96 bits per heavy atom. The second-order valence-electron chi connectivity index (χ2n) is 5.58. The molecule has 1 fully saturated rings. The molecule has 124 valence electrons. The van der Waals surface area contributed by atoms with Gasteiger partial charge in [-0.1, -0.05) is 12.1 Å². The maximum Gasteiger partial charge on any atom is 0.256 e. The van der Waals surface area contributed by atoms with E-state index in [1.807, 2.05) is 24.3 Å². The largest absolute Gasteiger partial charge is 0.380 e. The Bertz CT molecular complexity index is 761. The Morgan fingerprint density at radius 3 is 2.67 bits per heavy atom. The van der Waals surface area contributed by atoms with Gasteiger partial charge in [0.1, 0.15) is 11.9 Å². The van der Waals surface area contributed by atoms with Crippen LogP contribution < -0.4 is 10.2 Å². The van der Waals surface area contributed by atoms with Crippen LogP contribution in [0.1, 0.15) is 12.0 Å². The van der Waals surface area contributed by atoms with Crippen LogP contribution in [0.2, 0.25) is 0 Å². The number of benzene rings is 2. The third kappa shape index (κ3) is 3.28. The van der Waals surface area contributed by atoms with E-state index in [-0.39, 0.29) is 18.2 Å². The molecule has 2 amide bonds. The Hall–Kier alpha value is -2.73. The summed E-state index contributed by atoms with van der Waals surface area (Å²) in [5, 5.41) is 3.09. The van der Waals surface area contributed by atoms with E-state index in [0.717, 1.165) is 16.2 Å². The molecule has 2 aromatic rings. The minimum absolute atomic E-state index is 0.0602. The quantitative estimate of drug-likeness (QED) is 0.858. The normalized spacial score (nSPS) is 17.4. The van der Waals surface area contributed by atoms with Gasteiger partial charge >= 0.3 is 0 Å². The monoisotopic (exact) mass is 328 g/mol. The van der Waals surface area contributed by atoms with Crippen molar-refractivity contribution in [2.45, 2.75) is 19.1 Å². The van der Waals surface area contributed by atoms with Crippen molar-refractivity contribution in [1.82, 2.24) is 0 Å². The zero-order valence-electron chi connectivity index (χ0n) is 13.2. The molecule has 5 nitrogen and oxygen atoms in total. The Balaban J connectivity index is 1.76. The highest BCUT2D eigenvalue weighted by atomic mass is 19.1. The first-order valence-electron chi connectivity index (χ1n) is 7.55. The van der Waals surface area contributed by atoms with Gasteiger partial charge in [-0.15, -0.1) is 0 Å². The summed E-state index contributed by atoms with van der Waals surface area (Å²) in [7, 11) is 1.61. The molecule has 3 rings (SSSR count). The van der Waals surface area contributed by atoms with E-state index in [1.165, 1.54) is 24.3 Å². The van der Waals surface area contributed by atoms with Gasteiger partial charge in [-0.05, 0) is 42.0 Å². The highest BCUT2D eigenvalue weighted by Gasteiger charge is 2.39. The second kappa shape index (κ2) is 6.80. The minimum atomic E-state index is -0.639. The van der Waals surface area contributed by atoms with Crippen LogP contribution in [-0.4, -0.2) is 25.0 Å². The van der Waals surface area contributed by atoms with Gasteiger partial charge in [-0.2, -0.15) is 0 Å². The van der Waals surface area contributed by atoms with Gasteiger partial charge in [0.2, 0.25) is 5.91 Å². The predicted octanol–water partition coefficient (Wildman–Crippen LogP) is 2.72. The van der Waals surface area contributed by atoms with Crippen molar-refractivity contribution in [2.24, 2.45) is 0 Å². The maximum atomic E-state index is 13.0. The smallest absolute Gasteiger partial charge is 0.256 e. The molecule has 0 radical (unpaired) electrons. The van der Waals surface area contributed by atoms with Crippen LogP contribution in [0.4, 0.5) is 15.8 Å². The molecule has 6 heteroatoms. The number of rotatable bonds is 5. The molecule has 0 aliphatic carbocycles. The molecule has 0 saturated carbocycles. The van der Waals surface area contributed by atoms with Crippen LogP contribution in [0.3, 0.4) is 0 Å². The molecule has 1 heterocycles. The SMILES string of the molecule is COCc1cccc(N[C@H]2CC(=O)N(c3ccc(F)cc3)C2=O)c1. The fraction of sp³-hybridized carbons (Fsp3) is 0.222. The molecule has 1 atom stereocenters. The molecule has 1 N–H and O–H groups in total. The number of carbonyl (C=O) groups excluding carboxylic acids is 2. The predicted molar refractivity (Wildman–Crippen MR) is 88.1 cm³/mol. The summed E-state index contributed by atoms with van der Waals surface area (Å²) in [5.74, 6) is -1.07. The summed E-state index contributed by atoms with van der Waals surface area (Å²) in [6, 6.07) is 12.1. The van der Waals surface area contributed by atoms with E-state index in [1.54, 1.807) is 7.11 Å². The number of hydrogen-bond donors (Lipinski definition) is 1. The lowest BCUT2D eigenvalue weighted by Gasteiger charge is -2.16. The molecular formula is C18H17FN2O3. The average molecular weight is 328 g/mol. The molecule has 1 aliphatic heterocycles. The third-order valence-electron chi connectivity index (χ3n) is 3.81. The van der Waals surface area contributed by atoms with E-state index in [2.05, 4.69) is 5.32 Å². The van der Waals surface area contributed by atoms with Crippen molar-refractivity contribution in [2.75, 3.05) is 17.3 Å². The number of anilines is 2. The van der Waals surface area contributed by atoms with E-state index < -0.39 is 11.9 Å². The fourth-order valence-corrected chi connectivity index (χ4v) is 2.72. The lowest BCUT2D eigenvalue weighted by molar-refractivity contribution is -0.121. The number of imide groups is 1. The molecule has 0 aromatic heterocycles. The van der Waals surface area contributed by atoms with Crippen LogP contribution in [0.25, 0.3) is 0 Å². The summed E-state index contributed by atoms with van der Waals surface area (Å²) in [6.45, 7) is 0.467. The summed E-state index contributed by atoms with van der Waals surface area (Å²) in [6.07, 6.45) is 0.0602. The van der Waals surface area contributed by atoms with Crippen LogP contribution in [0.5, 0.6) is 0 Å². The summed E-state index contributed by atoms with van der Waals surface area (Å²) in [5.41, 5.74) is 2.09. The van der Waals surface area contributed by atoms with Gasteiger partial charge in [-0.3, -0.25) is 9.59 Å². The van der Waals surface area contributed by atoms with Gasteiger partial charge in [0.05, 0.1) is 18.7 Å². The standard InChI is InChI=1S/C18H17FN2O3/c1-24-11-12-3-2-4-14(9-12)20-16-10-17(22)21(18(16)23)15-7-5-13(19)6-8-15/h2-9,16,20H,10-11H2,1H3/t16-/m0/s1. The first-order valence-corrected chi connectivity index (χ1v) is 7.55. The minimum Gasteiger partial charge on any atom is -0.380 e. The average Bonchev–Trinajstić information content (AvgIpc) is 2.83.